The van der Waals surface area contributed by atoms with Crippen molar-refractivity contribution >= 4 is 5.91 Å². The van der Waals surface area contributed by atoms with Crippen LogP contribution >= 0.6 is 0 Å². The van der Waals surface area contributed by atoms with Crippen molar-refractivity contribution in [2.24, 2.45) is 0 Å². The fourth-order valence-corrected chi connectivity index (χ4v) is 3.43. The molecule has 128 valence electrons. The number of aryl methyl sites for hydroxylation is 1. The summed E-state index contributed by atoms with van der Waals surface area (Å²) in [6, 6.07) is 8.25. The van der Waals surface area contributed by atoms with Crippen LogP contribution in [-0.4, -0.2) is 41.7 Å². The van der Waals surface area contributed by atoms with Crippen LogP contribution in [0.4, 0.5) is 4.39 Å². The van der Waals surface area contributed by atoms with Crippen molar-refractivity contribution in [2.75, 3.05) is 20.2 Å². The monoisotopic (exact) mass is 330 g/mol. The first kappa shape index (κ1) is 16.7. The van der Waals surface area contributed by atoms with Gasteiger partial charge >= 0.3 is 0 Å². The topological polar surface area (TPSA) is 34.5 Å². The van der Waals surface area contributed by atoms with E-state index in [1.165, 1.54) is 12.1 Å². The van der Waals surface area contributed by atoms with Gasteiger partial charge in [0.05, 0.1) is 11.7 Å². The molecule has 0 radical (unpaired) electrons. The Hall–Kier alpha value is -2.14. The van der Waals surface area contributed by atoms with Crippen molar-refractivity contribution in [1.82, 2.24) is 9.47 Å². The Morgan fingerprint density at radius 1 is 1.17 bits per heavy atom. The number of halogens is 1. The first-order valence-corrected chi connectivity index (χ1v) is 8.28. The van der Waals surface area contributed by atoms with Crippen molar-refractivity contribution in [1.29, 1.82) is 0 Å². The second-order valence-corrected chi connectivity index (χ2v) is 6.32. The molecule has 2 heterocycles. The lowest BCUT2D eigenvalue weighted by molar-refractivity contribution is 0.0350. The summed E-state index contributed by atoms with van der Waals surface area (Å²) < 4.78 is 20.5. The molecule has 0 bridgehead atoms. The predicted molar refractivity (Wildman–Crippen MR) is 91.1 cm³/mol. The normalized spacial score (nSPS) is 15.8. The third kappa shape index (κ3) is 3.08. The number of rotatable bonds is 3. The van der Waals surface area contributed by atoms with Gasteiger partial charge in [-0.2, -0.15) is 0 Å². The number of ether oxygens (including phenoxy) is 1. The van der Waals surface area contributed by atoms with Crippen LogP contribution in [-0.2, 0) is 4.74 Å². The van der Waals surface area contributed by atoms with Crippen LogP contribution in [0.2, 0.25) is 0 Å². The van der Waals surface area contributed by atoms with E-state index in [2.05, 4.69) is 0 Å². The molecule has 0 aliphatic carbocycles. The minimum absolute atomic E-state index is 0.0611. The second-order valence-electron chi connectivity index (χ2n) is 6.32. The predicted octanol–water partition coefficient (Wildman–Crippen LogP) is 3.48. The third-order valence-corrected chi connectivity index (χ3v) is 4.81. The molecule has 2 aromatic rings. The van der Waals surface area contributed by atoms with E-state index >= 15 is 0 Å². The van der Waals surface area contributed by atoms with Crippen molar-refractivity contribution < 1.29 is 13.9 Å². The SMILES string of the molecule is COC1CCN(C(=O)c2cc(C)n(-c3ccc(F)cc3)c2C)CC1. The summed E-state index contributed by atoms with van der Waals surface area (Å²) in [5, 5.41) is 0. The Labute approximate surface area is 141 Å². The minimum Gasteiger partial charge on any atom is -0.381 e. The lowest BCUT2D eigenvalue weighted by Crippen LogP contribution is -2.40. The van der Waals surface area contributed by atoms with E-state index in [1.807, 2.05) is 29.4 Å². The highest BCUT2D eigenvalue weighted by Crippen LogP contribution is 2.24. The van der Waals surface area contributed by atoms with E-state index in [0.717, 1.165) is 43.0 Å². The zero-order chi connectivity index (χ0) is 17.3. The molecule has 4 nitrogen and oxygen atoms in total. The average molecular weight is 330 g/mol. The number of likely N-dealkylation sites (tertiary alicyclic amines) is 1. The Morgan fingerprint density at radius 2 is 1.79 bits per heavy atom. The van der Waals surface area contributed by atoms with E-state index in [0.29, 0.717) is 5.56 Å². The van der Waals surface area contributed by atoms with Crippen molar-refractivity contribution in [3.63, 3.8) is 0 Å². The lowest BCUT2D eigenvalue weighted by Gasteiger charge is -2.31. The molecular weight excluding hydrogens is 307 g/mol. The van der Waals surface area contributed by atoms with E-state index in [9.17, 15) is 9.18 Å². The van der Waals surface area contributed by atoms with Gasteiger partial charge in [0, 0.05) is 37.3 Å². The molecule has 0 spiro atoms. The summed E-state index contributed by atoms with van der Waals surface area (Å²) >= 11 is 0. The number of amides is 1. The molecular formula is C19H23FN2O2. The minimum atomic E-state index is -0.265. The number of carbonyl (C=O) groups is 1. The summed E-state index contributed by atoms with van der Waals surface area (Å²) in [5.74, 6) is -0.204. The molecule has 0 N–H and O–H groups in total. The Morgan fingerprint density at radius 3 is 2.38 bits per heavy atom. The van der Waals surface area contributed by atoms with Crippen LogP contribution in [0.25, 0.3) is 5.69 Å². The van der Waals surface area contributed by atoms with Gasteiger partial charge in [0.1, 0.15) is 5.82 Å². The smallest absolute Gasteiger partial charge is 0.255 e. The van der Waals surface area contributed by atoms with Crippen molar-refractivity contribution in [2.45, 2.75) is 32.8 Å². The van der Waals surface area contributed by atoms with Gasteiger partial charge in [0.2, 0.25) is 0 Å². The quantitative estimate of drug-likeness (QED) is 0.863. The van der Waals surface area contributed by atoms with Crippen LogP contribution in [0.1, 0.15) is 34.6 Å². The Kier molecular flexibility index (Phi) is 4.71. The summed E-state index contributed by atoms with van der Waals surface area (Å²) in [4.78, 5) is 14.8. The number of aromatic nitrogens is 1. The van der Waals surface area contributed by atoms with Crippen molar-refractivity contribution in [3.8, 4) is 5.69 Å². The number of methoxy groups -OCH3 is 1. The van der Waals surface area contributed by atoms with E-state index in [1.54, 1.807) is 19.2 Å². The summed E-state index contributed by atoms with van der Waals surface area (Å²) in [6.45, 7) is 5.34. The van der Waals surface area contributed by atoms with E-state index in [-0.39, 0.29) is 17.8 Å². The van der Waals surface area contributed by atoms with Crippen LogP contribution in [0.15, 0.2) is 30.3 Å². The van der Waals surface area contributed by atoms with Crippen LogP contribution in [0.3, 0.4) is 0 Å². The highest BCUT2D eigenvalue weighted by Gasteiger charge is 2.26. The number of piperidine rings is 1. The second kappa shape index (κ2) is 6.77. The largest absolute Gasteiger partial charge is 0.381 e. The first-order valence-electron chi connectivity index (χ1n) is 8.28. The highest BCUT2D eigenvalue weighted by atomic mass is 19.1. The summed E-state index contributed by atoms with van der Waals surface area (Å²) in [5.41, 5.74) is 3.43. The van der Waals surface area contributed by atoms with Crippen LogP contribution < -0.4 is 0 Å². The standard InChI is InChI=1S/C19H23FN2O2/c1-13-12-18(19(23)21-10-8-17(24-3)9-11-21)14(2)22(13)16-6-4-15(20)5-7-16/h4-7,12,17H,8-11H2,1-3H3. The van der Waals surface area contributed by atoms with Gasteiger partial charge in [-0.3, -0.25) is 4.79 Å². The molecule has 1 saturated heterocycles. The Balaban J connectivity index is 1.86. The summed E-state index contributed by atoms with van der Waals surface area (Å²) in [6.07, 6.45) is 2.00. The average Bonchev–Trinajstić information content (AvgIpc) is 2.90. The molecule has 1 aliphatic heterocycles. The van der Waals surface area contributed by atoms with E-state index in [4.69, 9.17) is 4.74 Å². The maximum atomic E-state index is 13.2. The lowest BCUT2D eigenvalue weighted by atomic mass is 10.1. The zero-order valence-electron chi connectivity index (χ0n) is 14.4. The van der Waals surface area contributed by atoms with Gasteiger partial charge in [-0.05, 0) is 57.0 Å². The highest BCUT2D eigenvalue weighted by molar-refractivity contribution is 5.96. The molecule has 0 saturated carbocycles. The molecule has 5 heteroatoms. The Bertz CT molecular complexity index is 729. The van der Waals surface area contributed by atoms with Gasteiger partial charge in [0.25, 0.3) is 5.91 Å². The molecule has 1 aromatic heterocycles. The maximum absolute atomic E-state index is 13.2. The van der Waals surface area contributed by atoms with Gasteiger partial charge in [-0.1, -0.05) is 0 Å². The molecule has 1 aliphatic rings. The van der Waals surface area contributed by atoms with Crippen LogP contribution in [0, 0.1) is 19.7 Å². The molecule has 1 aromatic carbocycles. The molecule has 24 heavy (non-hydrogen) atoms. The molecule has 1 amide bonds. The third-order valence-electron chi connectivity index (χ3n) is 4.81. The van der Waals surface area contributed by atoms with Gasteiger partial charge < -0.3 is 14.2 Å². The fraction of sp³-hybridized carbons (Fsp3) is 0.421. The number of hydrogen-bond acceptors (Lipinski definition) is 2. The fourth-order valence-electron chi connectivity index (χ4n) is 3.43. The molecule has 1 fully saturated rings. The van der Waals surface area contributed by atoms with Gasteiger partial charge in [0.15, 0.2) is 0 Å². The first-order chi connectivity index (χ1) is 11.5. The number of hydrogen-bond donors (Lipinski definition) is 0. The van der Waals surface area contributed by atoms with Crippen molar-refractivity contribution in [3.05, 3.63) is 53.1 Å². The van der Waals surface area contributed by atoms with Crippen LogP contribution in [0.5, 0.6) is 0 Å². The number of nitrogens with zero attached hydrogens (tertiary/aromatic N) is 2. The van der Waals surface area contributed by atoms with Gasteiger partial charge in [-0.15, -0.1) is 0 Å². The zero-order valence-corrected chi connectivity index (χ0v) is 14.4. The maximum Gasteiger partial charge on any atom is 0.255 e. The number of carbonyl (C=O) groups excluding carboxylic acids is 1. The summed E-state index contributed by atoms with van der Waals surface area (Å²) in [7, 11) is 1.72. The molecule has 0 unspecified atom stereocenters. The van der Waals surface area contributed by atoms with Gasteiger partial charge in [-0.25, -0.2) is 4.39 Å². The molecule has 3 rings (SSSR count). The number of benzene rings is 1. The molecule has 0 atom stereocenters. The van der Waals surface area contributed by atoms with E-state index < -0.39 is 0 Å².